The Kier molecular flexibility index (Phi) is 7.63. The summed E-state index contributed by atoms with van der Waals surface area (Å²) in [7, 11) is 6.06. The Balaban J connectivity index is 1.92. The van der Waals surface area contributed by atoms with Crippen LogP contribution in [0, 0.1) is 5.82 Å². The average molecular weight is 463 g/mol. The number of benzene rings is 2. The molecule has 0 fully saturated rings. The molecule has 0 unspecified atom stereocenters. The number of aromatic nitrogens is 2. The Morgan fingerprint density at radius 2 is 1.62 bits per heavy atom. The molecule has 0 saturated carbocycles. The number of para-hydroxylation sites is 1. The van der Waals surface area contributed by atoms with Gasteiger partial charge in [0.2, 0.25) is 11.7 Å². The number of hydrogen-bond acceptors (Lipinski definition) is 11. The average Bonchev–Trinajstić information content (AvgIpc) is 2.81. The minimum Gasteiger partial charge on any atom is -0.494 e. The van der Waals surface area contributed by atoms with Gasteiger partial charge in [0.25, 0.3) is 0 Å². The number of methoxy groups -OCH3 is 4. The molecule has 0 radical (unpaired) electrons. The van der Waals surface area contributed by atoms with Gasteiger partial charge in [-0.25, -0.2) is 9.37 Å². The molecule has 0 saturated heterocycles. The van der Waals surface area contributed by atoms with Gasteiger partial charge in [-0.15, -0.1) is 0 Å². The van der Waals surface area contributed by atoms with Gasteiger partial charge < -0.3 is 34.3 Å². The molecule has 12 heteroatoms. The van der Waals surface area contributed by atoms with E-state index in [-0.39, 0.29) is 11.8 Å². The molecule has 1 aromatic heterocycles. The van der Waals surface area contributed by atoms with Crippen LogP contribution in [0.4, 0.5) is 33.2 Å². The molecule has 0 aliphatic rings. The van der Waals surface area contributed by atoms with Crippen LogP contribution in [0.2, 0.25) is 0 Å². The molecule has 5 N–H and O–H groups in total. The highest BCUT2D eigenvalue weighted by molar-refractivity contribution is 7.98. The second-order valence-electron chi connectivity index (χ2n) is 6.16. The third kappa shape index (κ3) is 4.98. The number of rotatable bonds is 10. The van der Waals surface area contributed by atoms with Crippen molar-refractivity contribution in [3.8, 4) is 23.0 Å². The van der Waals surface area contributed by atoms with Crippen molar-refractivity contribution in [3.05, 3.63) is 42.3 Å². The van der Waals surface area contributed by atoms with Crippen molar-refractivity contribution in [3.63, 3.8) is 0 Å². The standard InChI is InChI=1S/C20H23FN6O4S/c1-28-14-7-5-6-13(17(14)27-32-22)25-19-12(21)10-23-20(26-19)24-11-8-15(29-2)18(31-4)16(9-11)30-3/h5-10,27H,22H2,1-4H3,(H2,23,24,25,26). The van der Waals surface area contributed by atoms with Crippen molar-refractivity contribution in [1.29, 1.82) is 0 Å². The zero-order valence-electron chi connectivity index (χ0n) is 17.9. The van der Waals surface area contributed by atoms with Gasteiger partial charge in [-0.05, 0) is 12.1 Å². The largest absolute Gasteiger partial charge is 0.494 e. The van der Waals surface area contributed by atoms with Gasteiger partial charge in [-0.1, -0.05) is 6.07 Å². The molecule has 32 heavy (non-hydrogen) atoms. The molecule has 0 amide bonds. The number of halogens is 1. The van der Waals surface area contributed by atoms with E-state index in [9.17, 15) is 4.39 Å². The number of ether oxygens (including phenoxy) is 4. The topological polar surface area (TPSA) is 125 Å². The highest BCUT2D eigenvalue weighted by atomic mass is 32.2. The van der Waals surface area contributed by atoms with E-state index < -0.39 is 5.82 Å². The second kappa shape index (κ2) is 10.6. The minimum atomic E-state index is -0.644. The van der Waals surface area contributed by atoms with Crippen LogP contribution in [-0.2, 0) is 0 Å². The maximum Gasteiger partial charge on any atom is 0.229 e. The Bertz CT molecular complexity index is 1060. The summed E-state index contributed by atoms with van der Waals surface area (Å²) in [4.78, 5) is 8.25. The number of nitrogens with one attached hydrogen (secondary N) is 3. The summed E-state index contributed by atoms with van der Waals surface area (Å²) in [6.45, 7) is 0. The zero-order valence-corrected chi connectivity index (χ0v) is 18.7. The van der Waals surface area contributed by atoms with Crippen LogP contribution in [0.15, 0.2) is 36.5 Å². The SMILES string of the molecule is COc1cccc(Nc2nc(Nc3cc(OC)c(OC)c(OC)c3)ncc2F)c1NSN. The third-order valence-corrected chi connectivity index (χ3v) is 4.65. The van der Waals surface area contributed by atoms with Crippen LogP contribution >= 0.6 is 12.1 Å². The Morgan fingerprint density at radius 3 is 2.22 bits per heavy atom. The first-order valence-corrected chi connectivity index (χ1v) is 10.1. The first kappa shape index (κ1) is 23.0. The van der Waals surface area contributed by atoms with E-state index in [1.807, 2.05) is 0 Å². The van der Waals surface area contributed by atoms with Crippen molar-refractivity contribution in [2.45, 2.75) is 0 Å². The second-order valence-corrected chi connectivity index (χ2v) is 6.60. The van der Waals surface area contributed by atoms with E-state index in [2.05, 4.69) is 25.3 Å². The van der Waals surface area contributed by atoms with E-state index in [4.69, 9.17) is 24.1 Å². The lowest BCUT2D eigenvalue weighted by Crippen LogP contribution is -2.06. The number of nitrogens with two attached hydrogens (primary N) is 1. The fourth-order valence-electron chi connectivity index (χ4n) is 2.89. The van der Waals surface area contributed by atoms with Crippen molar-refractivity contribution in [2.75, 3.05) is 43.8 Å². The number of anilines is 5. The molecule has 3 aromatic rings. The zero-order chi connectivity index (χ0) is 23.1. The Labute approximate surface area is 188 Å². The molecule has 0 bridgehead atoms. The molecule has 1 heterocycles. The minimum absolute atomic E-state index is 0.0479. The predicted octanol–water partition coefficient (Wildman–Crippen LogP) is 4.07. The molecule has 3 rings (SSSR count). The van der Waals surface area contributed by atoms with Crippen molar-refractivity contribution < 1.29 is 23.3 Å². The molecule has 0 aliphatic carbocycles. The van der Waals surface area contributed by atoms with E-state index in [0.29, 0.717) is 40.1 Å². The van der Waals surface area contributed by atoms with Crippen LogP contribution in [0.1, 0.15) is 0 Å². The summed E-state index contributed by atoms with van der Waals surface area (Å²) in [5.74, 6) is 1.32. The summed E-state index contributed by atoms with van der Waals surface area (Å²) in [5, 5.41) is 11.5. The van der Waals surface area contributed by atoms with Gasteiger partial charge in [0, 0.05) is 30.0 Å². The van der Waals surface area contributed by atoms with Crippen LogP contribution in [-0.4, -0.2) is 38.4 Å². The molecule has 0 spiro atoms. The van der Waals surface area contributed by atoms with Gasteiger partial charge in [-0.3, -0.25) is 5.14 Å². The van der Waals surface area contributed by atoms with Gasteiger partial charge in [-0.2, -0.15) is 4.98 Å². The maximum atomic E-state index is 14.5. The molecule has 0 atom stereocenters. The van der Waals surface area contributed by atoms with Crippen molar-refractivity contribution in [2.24, 2.45) is 5.14 Å². The first-order valence-electron chi connectivity index (χ1n) is 9.19. The fourth-order valence-corrected chi connectivity index (χ4v) is 3.22. The summed E-state index contributed by atoms with van der Waals surface area (Å²) < 4.78 is 38.7. The van der Waals surface area contributed by atoms with E-state index in [1.165, 1.54) is 28.4 Å². The van der Waals surface area contributed by atoms with Crippen molar-refractivity contribution >= 4 is 41.0 Å². The summed E-state index contributed by atoms with van der Waals surface area (Å²) in [5.41, 5.74) is 1.61. The lowest BCUT2D eigenvalue weighted by Gasteiger charge is -2.16. The number of nitrogens with zero attached hydrogens (tertiary/aromatic N) is 2. The van der Waals surface area contributed by atoms with Gasteiger partial charge in [0.15, 0.2) is 23.1 Å². The normalized spacial score (nSPS) is 10.3. The van der Waals surface area contributed by atoms with Gasteiger partial charge in [0.05, 0.1) is 40.3 Å². The lowest BCUT2D eigenvalue weighted by atomic mass is 10.2. The fraction of sp³-hybridized carbons (Fsp3) is 0.200. The van der Waals surface area contributed by atoms with Crippen LogP contribution in [0.25, 0.3) is 0 Å². The monoisotopic (exact) mass is 462 g/mol. The molecular formula is C20H23FN6O4S. The molecule has 170 valence electrons. The van der Waals surface area contributed by atoms with Crippen LogP contribution < -0.4 is 39.4 Å². The van der Waals surface area contributed by atoms with Gasteiger partial charge in [0.1, 0.15) is 11.4 Å². The van der Waals surface area contributed by atoms with E-state index >= 15 is 0 Å². The molecule has 10 nitrogen and oxygen atoms in total. The summed E-state index contributed by atoms with van der Waals surface area (Å²) >= 11 is 0.885. The molecular weight excluding hydrogens is 439 g/mol. The molecule has 2 aromatic carbocycles. The lowest BCUT2D eigenvalue weighted by molar-refractivity contribution is 0.324. The number of hydrogen-bond donors (Lipinski definition) is 4. The Morgan fingerprint density at radius 1 is 0.938 bits per heavy atom. The van der Waals surface area contributed by atoms with Crippen LogP contribution in [0.5, 0.6) is 23.0 Å². The maximum absolute atomic E-state index is 14.5. The van der Waals surface area contributed by atoms with E-state index in [0.717, 1.165) is 18.3 Å². The predicted molar refractivity (Wildman–Crippen MR) is 123 cm³/mol. The van der Waals surface area contributed by atoms with Crippen molar-refractivity contribution in [1.82, 2.24) is 9.97 Å². The molecule has 0 aliphatic heterocycles. The summed E-state index contributed by atoms with van der Waals surface area (Å²) in [6.07, 6.45) is 1.06. The smallest absolute Gasteiger partial charge is 0.229 e. The van der Waals surface area contributed by atoms with Gasteiger partial charge >= 0.3 is 0 Å². The highest BCUT2D eigenvalue weighted by Crippen LogP contribution is 2.40. The first-order chi connectivity index (χ1) is 15.5. The quantitative estimate of drug-likeness (QED) is 0.326. The third-order valence-electron chi connectivity index (χ3n) is 4.33. The summed E-state index contributed by atoms with van der Waals surface area (Å²) in [6, 6.07) is 8.60. The Hall–Kier alpha value is -3.64. The van der Waals surface area contributed by atoms with Crippen LogP contribution in [0.3, 0.4) is 0 Å². The van der Waals surface area contributed by atoms with E-state index in [1.54, 1.807) is 30.3 Å². The highest BCUT2D eigenvalue weighted by Gasteiger charge is 2.16.